The van der Waals surface area contributed by atoms with Crippen LogP contribution in [0.15, 0.2) is 40.3 Å². The Morgan fingerprint density at radius 2 is 1.97 bits per heavy atom. The second-order valence-corrected chi connectivity index (χ2v) is 11.2. The zero-order valence-electron chi connectivity index (χ0n) is 18.9. The van der Waals surface area contributed by atoms with Gasteiger partial charge in [0.2, 0.25) is 15.9 Å². The smallest absolute Gasteiger partial charge is 0.263 e. The average Bonchev–Trinajstić information content (AvgIpc) is 3.22. The van der Waals surface area contributed by atoms with Crippen molar-refractivity contribution in [2.75, 3.05) is 39.5 Å². The van der Waals surface area contributed by atoms with Gasteiger partial charge in [0.1, 0.15) is 29.0 Å². The number of nitrogens with one attached hydrogen (secondary N) is 1. The zero-order valence-corrected chi connectivity index (χ0v) is 20.6. The van der Waals surface area contributed by atoms with E-state index in [1.807, 2.05) is 12.1 Å². The fraction of sp³-hybridized carbons (Fsp3) is 0.409. The van der Waals surface area contributed by atoms with E-state index in [1.165, 1.54) is 10.6 Å². The SMILES string of the molecule is Cc1sc2ncn(CC(=O)NC[C@@H]3COc4ccccc4O3)c(=O)c2c1S(=O)(=O)N1CCOCC1. The summed E-state index contributed by atoms with van der Waals surface area (Å²) in [4.78, 5) is 30.9. The van der Waals surface area contributed by atoms with Crippen molar-refractivity contribution in [3.05, 3.63) is 45.8 Å². The molecule has 0 aliphatic carbocycles. The lowest BCUT2D eigenvalue weighted by molar-refractivity contribution is -0.122. The molecule has 2 aliphatic heterocycles. The standard InChI is InChI=1S/C22H24N4O7S2/c1-14-20(35(29,30)26-6-8-31-9-7-26)19-21(34-14)24-13-25(22(19)28)11-18(27)23-10-15-12-32-16-4-2-3-5-17(16)33-15/h2-5,13,15H,6-12H2,1H3,(H,23,27)/t15-/m1/s1. The van der Waals surface area contributed by atoms with Crippen molar-refractivity contribution < 1.29 is 27.4 Å². The Bertz CT molecular complexity index is 1430. The molecule has 11 nitrogen and oxygen atoms in total. The second-order valence-electron chi connectivity index (χ2n) is 8.16. The fourth-order valence-electron chi connectivity index (χ4n) is 4.05. The van der Waals surface area contributed by atoms with Crippen molar-refractivity contribution >= 4 is 37.5 Å². The monoisotopic (exact) mass is 520 g/mol. The van der Waals surface area contributed by atoms with Gasteiger partial charge in [-0.05, 0) is 19.1 Å². The highest BCUT2D eigenvalue weighted by molar-refractivity contribution is 7.89. The lowest BCUT2D eigenvalue weighted by Crippen LogP contribution is -2.42. The first-order valence-corrected chi connectivity index (χ1v) is 13.3. The highest BCUT2D eigenvalue weighted by atomic mass is 32.2. The maximum absolute atomic E-state index is 13.3. The van der Waals surface area contributed by atoms with E-state index >= 15 is 0 Å². The van der Waals surface area contributed by atoms with Crippen LogP contribution in [0.1, 0.15) is 4.88 Å². The number of fused-ring (bicyclic) bond motifs is 2. The number of thiophene rings is 1. The number of hydrogen-bond donors (Lipinski definition) is 1. The van der Waals surface area contributed by atoms with Gasteiger partial charge in [0, 0.05) is 18.0 Å². The number of benzene rings is 1. The molecule has 3 aromatic rings. The lowest BCUT2D eigenvalue weighted by Gasteiger charge is -2.26. The van der Waals surface area contributed by atoms with Crippen LogP contribution in [0.4, 0.5) is 0 Å². The first-order valence-electron chi connectivity index (χ1n) is 11.1. The Kier molecular flexibility index (Phi) is 6.49. The molecular weight excluding hydrogens is 496 g/mol. The Morgan fingerprint density at radius 3 is 2.74 bits per heavy atom. The molecule has 1 aromatic carbocycles. The number of sulfonamides is 1. The summed E-state index contributed by atoms with van der Waals surface area (Å²) in [5, 5.41) is 2.75. The molecule has 0 spiro atoms. The van der Waals surface area contributed by atoms with Gasteiger partial charge in [-0.15, -0.1) is 11.3 Å². The van der Waals surface area contributed by atoms with Gasteiger partial charge in [-0.3, -0.25) is 14.2 Å². The van der Waals surface area contributed by atoms with Crippen LogP contribution >= 0.6 is 11.3 Å². The summed E-state index contributed by atoms with van der Waals surface area (Å²) in [6, 6.07) is 7.27. The Balaban J connectivity index is 1.33. The van der Waals surface area contributed by atoms with Crippen LogP contribution in [0.25, 0.3) is 10.2 Å². The predicted molar refractivity (Wildman–Crippen MR) is 128 cm³/mol. The van der Waals surface area contributed by atoms with Crippen molar-refractivity contribution in [1.29, 1.82) is 0 Å². The maximum Gasteiger partial charge on any atom is 0.263 e. The zero-order chi connectivity index (χ0) is 24.6. The number of rotatable bonds is 6. The minimum absolute atomic E-state index is 0.00918. The molecule has 1 amide bonds. The Labute approximate surface area is 205 Å². The summed E-state index contributed by atoms with van der Waals surface area (Å²) in [7, 11) is -3.91. The molecule has 2 aliphatic rings. The third-order valence-corrected chi connectivity index (χ3v) is 8.99. The Hall–Kier alpha value is -3.00. The van der Waals surface area contributed by atoms with Crippen molar-refractivity contribution in [2.45, 2.75) is 24.5 Å². The summed E-state index contributed by atoms with van der Waals surface area (Å²) < 4.78 is 45.8. The number of aromatic nitrogens is 2. The molecule has 1 saturated heterocycles. The molecule has 0 radical (unpaired) electrons. The van der Waals surface area contributed by atoms with E-state index in [2.05, 4.69) is 10.3 Å². The summed E-state index contributed by atoms with van der Waals surface area (Å²) in [6.07, 6.45) is 0.887. The van der Waals surface area contributed by atoms with Gasteiger partial charge in [-0.2, -0.15) is 4.31 Å². The topological polar surface area (TPSA) is 129 Å². The number of aryl methyl sites for hydroxylation is 1. The minimum Gasteiger partial charge on any atom is -0.486 e. The molecule has 13 heteroatoms. The lowest BCUT2D eigenvalue weighted by atomic mass is 10.2. The van der Waals surface area contributed by atoms with Gasteiger partial charge < -0.3 is 19.5 Å². The van der Waals surface area contributed by atoms with E-state index in [-0.39, 0.29) is 49.2 Å². The highest BCUT2D eigenvalue weighted by Gasteiger charge is 2.33. The van der Waals surface area contributed by atoms with Crippen LogP contribution in [0.5, 0.6) is 11.5 Å². The predicted octanol–water partition coefficient (Wildman–Crippen LogP) is 0.744. The molecule has 0 bridgehead atoms. The van der Waals surface area contributed by atoms with E-state index in [9.17, 15) is 18.0 Å². The van der Waals surface area contributed by atoms with Crippen LogP contribution in [-0.2, 0) is 26.1 Å². The molecular formula is C22H24N4O7S2. The number of amides is 1. The number of para-hydroxylation sites is 2. The Morgan fingerprint density at radius 1 is 1.23 bits per heavy atom. The van der Waals surface area contributed by atoms with Gasteiger partial charge >= 0.3 is 0 Å². The molecule has 1 fully saturated rings. The molecule has 1 N–H and O–H groups in total. The van der Waals surface area contributed by atoms with Gasteiger partial charge in [0.25, 0.3) is 5.56 Å². The van der Waals surface area contributed by atoms with E-state index in [0.717, 1.165) is 15.9 Å². The highest BCUT2D eigenvalue weighted by Crippen LogP contribution is 2.33. The van der Waals surface area contributed by atoms with Crippen molar-refractivity contribution in [3.8, 4) is 11.5 Å². The van der Waals surface area contributed by atoms with E-state index in [4.69, 9.17) is 14.2 Å². The van der Waals surface area contributed by atoms with E-state index < -0.39 is 21.5 Å². The van der Waals surface area contributed by atoms with Crippen molar-refractivity contribution in [1.82, 2.24) is 19.2 Å². The normalized spacial score (nSPS) is 18.5. The molecule has 1 atom stereocenters. The quantitative estimate of drug-likeness (QED) is 0.504. The molecule has 186 valence electrons. The summed E-state index contributed by atoms with van der Waals surface area (Å²) >= 11 is 1.14. The third kappa shape index (κ3) is 4.63. The number of nitrogens with zero attached hydrogens (tertiary/aromatic N) is 3. The van der Waals surface area contributed by atoms with E-state index in [0.29, 0.717) is 34.4 Å². The van der Waals surface area contributed by atoms with Gasteiger partial charge in [-0.25, -0.2) is 13.4 Å². The van der Waals surface area contributed by atoms with Crippen LogP contribution in [0, 0.1) is 6.92 Å². The molecule has 2 aromatic heterocycles. The van der Waals surface area contributed by atoms with Gasteiger partial charge in [0.05, 0.1) is 31.5 Å². The first kappa shape index (κ1) is 23.7. The number of carbonyl (C=O) groups is 1. The molecule has 0 unspecified atom stereocenters. The number of ether oxygens (including phenoxy) is 3. The largest absolute Gasteiger partial charge is 0.486 e. The van der Waals surface area contributed by atoms with Gasteiger partial charge in [0.15, 0.2) is 11.5 Å². The van der Waals surface area contributed by atoms with Crippen LogP contribution in [0.3, 0.4) is 0 Å². The van der Waals surface area contributed by atoms with E-state index in [1.54, 1.807) is 19.1 Å². The van der Waals surface area contributed by atoms with Crippen LogP contribution in [0.2, 0.25) is 0 Å². The maximum atomic E-state index is 13.3. The molecule has 0 saturated carbocycles. The molecule has 5 rings (SSSR count). The second kappa shape index (κ2) is 9.57. The first-order chi connectivity index (χ1) is 16.8. The average molecular weight is 521 g/mol. The van der Waals surface area contributed by atoms with Crippen molar-refractivity contribution in [3.63, 3.8) is 0 Å². The summed E-state index contributed by atoms with van der Waals surface area (Å²) in [5.41, 5.74) is -0.576. The minimum atomic E-state index is -3.91. The van der Waals surface area contributed by atoms with Gasteiger partial charge in [-0.1, -0.05) is 12.1 Å². The fourth-order valence-corrected chi connectivity index (χ4v) is 7.13. The molecule has 4 heterocycles. The molecule has 35 heavy (non-hydrogen) atoms. The third-order valence-electron chi connectivity index (χ3n) is 5.78. The van der Waals surface area contributed by atoms with Crippen LogP contribution in [-0.4, -0.2) is 73.7 Å². The number of hydrogen-bond acceptors (Lipinski definition) is 9. The summed E-state index contributed by atoms with van der Waals surface area (Å²) in [5.74, 6) is 0.820. The van der Waals surface area contributed by atoms with Crippen LogP contribution < -0.4 is 20.3 Å². The number of morpholine rings is 1. The van der Waals surface area contributed by atoms with Crippen molar-refractivity contribution in [2.24, 2.45) is 0 Å². The number of carbonyl (C=O) groups excluding carboxylic acids is 1. The summed E-state index contributed by atoms with van der Waals surface area (Å²) in [6.45, 7) is 2.83.